The molecule has 0 radical (unpaired) electrons. The smallest absolute Gasteiger partial charge is 0.227 e. The molecule has 1 aromatic heterocycles. The average Bonchev–Trinajstić information content (AvgIpc) is 2.84. The van der Waals surface area contributed by atoms with Crippen molar-refractivity contribution in [3.8, 4) is 11.5 Å². The van der Waals surface area contributed by atoms with Gasteiger partial charge in [-0.3, -0.25) is 0 Å². The number of hydrogen-bond acceptors (Lipinski definition) is 3. The predicted molar refractivity (Wildman–Crippen MR) is 72.1 cm³/mol. The molecule has 3 heteroatoms. The second-order valence-electron chi connectivity index (χ2n) is 4.35. The van der Waals surface area contributed by atoms with Crippen LogP contribution in [0.5, 0.6) is 0 Å². The van der Waals surface area contributed by atoms with Crippen molar-refractivity contribution >= 4 is 11.1 Å². The third kappa shape index (κ3) is 1.79. The van der Waals surface area contributed by atoms with Crippen LogP contribution in [0, 0.1) is 6.92 Å². The zero-order chi connectivity index (χ0) is 12.5. The van der Waals surface area contributed by atoms with E-state index in [9.17, 15) is 0 Å². The average molecular weight is 238 g/mol. The summed E-state index contributed by atoms with van der Waals surface area (Å²) >= 11 is 0. The van der Waals surface area contributed by atoms with Gasteiger partial charge in [0.1, 0.15) is 5.52 Å². The number of nitrogens with two attached hydrogens (primary N) is 1. The maximum atomic E-state index is 5.78. The molecule has 0 saturated heterocycles. The Hall–Kier alpha value is -2.13. The van der Waals surface area contributed by atoms with Crippen LogP contribution < -0.4 is 5.73 Å². The van der Waals surface area contributed by atoms with Crippen LogP contribution >= 0.6 is 0 Å². The minimum Gasteiger partial charge on any atom is -0.436 e. The Morgan fingerprint density at radius 1 is 1.17 bits per heavy atom. The molecule has 3 aromatic rings. The fourth-order valence-electron chi connectivity index (χ4n) is 2.04. The lowest BCUT2D eigenvalue weighted by atomic mass is 10.1. The van der Waals surface area contributed by atoms with Gasteiger partial charge in [0.25, 0.3) is 0 Å². The van der Waals surface area contributed by atoms with Crippen molar-refractivity contribution in [2.75, 3.05) is 0 Å². The van der Waals surface area contributed by atoms with E-state index in [1.807, 2.05) is 49.4 Å². The highest BCUT2D eigenvalue weighted by Crippen LogP contribution is 2.26. The molecule has 0 fully saturated rings. The monoisotopic (exact) mass is 238 g/mol. The Labute approximate surface area is 105 Å². The SMILES string of the molecule is Cc1cccc2oc(-c3cccc(CN)c3)nc12. The van der Waals surface area contributed by atoms with Crippen molar-refractivity contribution < 1.29 is 4.42 Å². The number of para-hydroxylation sites is 1. The van der Waals surface area contributed by atoms with Crippen molar-refractivity contribution in [1.29, 1.82) is 0 Å². The molecular weight excluding hydrogens is 224 g/mol. The van der Waals surface area contributed by atoms with Gasteiger partial charge in [0.05, 0.1) is 0 Å². The van der Waals surface area contributed by atoms with Crippen LogP contribution in [-0.2, 0) is 6.54 Å². The van der Waals surface area contributed by atoms with Crippen LogP contribution in [0.1, 0.15) is 11.1 Å². The van der Waals surface area contributed by atoms with Gasteiger partial charge in [0.2, 0.25) is 5.89 Å². The van der Waals surface area contributed by atoms with E-state index in [-0.39, 0.29) is 0 Å². The van der Waals surface area contributed by atoms with Crippen LogP contribution in [-0.4, -0.2) is 4.98 Å². The summed E-state index contributed by atoms with van der Waals surface area (Å²) in [5.74, 6) is 0.648. The number of oxazole rings is 1. The van der Waals surface area contributed by atoms with E-state index in [1.54, 1.807) is 0 Å². The van der Waals surface area contributed by atoms with Gasteiger partial charge in [-0.1, -0.05) is 24.3 Å². The summed E-state index contributed by atoms with van der Waals surface area (Å²) in [5.41, 5.74) is 10.6. The molecular formula is C15H14N2O. The summed E-state index contributed by atoms with van der Waals surface area (Å²) in [6.07, 6.45) is 0. The lowest BCUT2D eigenvalue weighted by Gasteiger charge is -1.98. The molecule has 90 valence electrons. The van der Waals surface area contributed by atoms with E-state index in [1.165, 1.54) is 0 Å². The largest absolute Gasteiger partial charge is 0.436 e. The Balaban J connectivity index is 2.16. The third-order valence-electron chi connectivity index (χ3n) is 3.03. The zero-order valence-electron chi connectivity index (χ0n) is 10.2. The molecule has 0 aliphatic rings. The summed E-state index contributed by atoms with van der Waals surface area (Å²) in [4.78, 5) is 4.55. The molecule has 0 unspecified atom stereocenters. The van der Waals surface area contributed by atoms with E-state index >= 15 is 0 Å². The Kier molecular flexibility index (Phi) is 2.61. The number of hydrogen-bond donors (Lipinski definition) is 1. The molecule has 2 N–H and O–H groups in total. The van der Waals surface area contributed by atoms with Gasteiger partial charge < -0.3 is 10.2 Å². The molecule has 0 bridgehead atoms. The van der Waals surface area contributed by atoms with E-state index in [0.29, 0.717) is 12.4 Å². The fourth-order valence-corrected chi connectivity index (χ4v) is 2.04. The molecule has 0 amide bonds. The quantitative estimate of drug-likeness (QED) is 0.745. The molecule has 3 rings (SSSR count). The van der Waals surface area contributed by atoms with Crippen LogP contribution in [0.4, 0.5) is 0 Å². The molecule has 1 heterocycles. The Morgan fingerprint density at radius 2 is 2.00 bits per heavy atom. The second kappa shape index (κ2) is 4.27. The van der Waals surface area contributed by atoms with E-state index in [4.69, 9.17) is 10.2 Å². The minimum absolute atomic E-state index is 0.521. The maximum Gasteiger partial charge on any atom is 0.227 e. The number of rotatable bonds is 2. The van der Waals surface area contributed by atoms with Gasteiger partial charge >= 0.3 is 0 Å². The number of fused-ring (bicyclic) bond motifs is 1. The first kappa shape index (κ1) is 11.0. The highest BCUT2D eigenvalue weighted by molar-refractivity contribution is 5.79. The first-order chi connectivity index (χ1) is 8.78. The fraction of sp³-hybridized carbons (Fsp3) is 0.133. The van der Waals surface area contributed by atoms with Gasteiger partial charge in [-0.2, -0.15) is 0 Å². The van der Waals surface area contributed by atoms with Gasteiger partial charge in [0.15, 0.2) is 5.58 Å². The van der Waals surface area contributed by atoms with Crippen molar-refractivity contribution in [3.63, 3.8) is 0 Å². The molecule has 2 aromatic carbocycles. The van der Waals surface area contributed by atoms with Crippen molar-refractivity contribution in [1.82, 2.24) is 4.98 Å². The maximum absolute atomic E-state index is 5.78. The summed E-state index contributed by atoms with van der Waals surface area (Å²) in [6, 6.07) is 13.9. The lowest BCUT2D eigenvalue weighted by Crippen LogP contribution is -1.95. The summed E-state index contributed by atoms with van der Waals surface area (Å²) < 4.78 is 5.78. The Bertz CT molecular complexity index is 701. The second-order valence-corrected chi connectivity index (χ2v) is 4.35. The van der Waals surface area contributed by atoms with Crippen LogP contribution in [0.2, 0.25) is 0 Å². The number of aryl methyl sites for hydroxylation is 1. The third-order valence-corrected chi connectivity index (χ3v) is 3.03. The summed E-state index contributed by atoms with van der Waals surface area (Å²) in [7, 11) is 0. The first-order valence-corrected chi connectivity index (χ1v) is 5.93. The topological polar surface area (TPSA) is 52.0 Å². The van der Waals surface area contributed by atoms with Crippen LogP contribution in [0.25, 0.3) is 22.6 Å². The van der Waals surface area contributed by atoms with E-state index < -0.39 is 0 Å². The highest BCUT2D eigenvalue weighted by Gasteiger charge is 2.09. The zero-order valence-corrected chi connectivity index (χ0v) is 10.2. The van der Waals surface area contributed by atoms with Gasteiger partial charge in [-0.15, -0.1) is 0 Å². The minimum atomic E-state index is 0.521. The molecule has 18 heavy (non-hydrogen) atoms. The van der Waals surface area contributed by atoms with E-state index in [0.717, 1.165) is 27.8 Å². The number of benzene rings is 2. The predicted octanol–water partition coefficient (Wildman–Crippen LogP) is 3.26. The highest BCUT2D eigenvalue weighted by atomic mass is 16.3. The molecule has 0 atom stereocenters. The molecule has 3 nitrogen and oxygen atoms in total. The molecule has 0 spiro atoms. The Morgan fingerprint density at radius 3 is 2.78 bits per heavy atom. The number of aromatic nitrogens is 1. The van der Waals surface area contributed by atoms with Crippen molar-refractivity contribution in [3.05, 3.63) is 53.6 Å². The van der Waals surface area contributed by atoms with Crippen LogP contribution in [0.3, 0.4) is 0 Å². The van der Waals surface area contributed by atoms with E-state index in [2.05, 4.69) is 4.98 Å². The molecule has 0 aliphatic heterocycles. The first-order valence-electron chi connectivity index (χ1n) is 5.93. The molecule has 0 aliphatic carbocycles. The van der Waals surface area contributed by atoms with Crippen molar-refractivity contribution in [2.45, 2.75) is 13.5 Å². The summed E-state index contributed by atoms with van der Waals surface area (Å²) in [6.45, 7) is 2.55. The normalized spacial score (nSPS) is 11.0. The summed E-state index contributed by atoms with van der Waals surface area (Å²) in [5, 5.41) is 0. The van der Waals surface area contributed by atoms with Gasteiger partial charge in [-0.25, -0.2) is 4.98 Å². The van der Waals surface area contributed by atoms with Crippen LogP contribution in [0.15, 0.2) is 46.9 Å². The lowest BCUT2D eigenvalue weighted by molar-refractivity contribution is 0.619. The molecule has 0 saturated carbocycles. The van der Waals surface area contributed by atoms with Crippen molar-refractivity contribution in [2.24, 2.45) is 5.73 Å². The van der Waals surface area contributed by atoms with Gasteiger partial charge in [-0.05, 0) is 36.2 Å². The van der Waals surface area contributed by atoms with Gasteiger partial charge in [0, 0.05) is 12.1 Å². The standard InChI is InChI=1S/C15H14N2O/c1-10-4-2-7-13-14(10)17-15(18-13)12-6-3-5-11(8-12)9-16/h2-8H,9,16H2,1H3. The number of nitrogens with zero attached hydrogens (tertiary/aromatic N) is 1.